The highest BCUT2D eigenvalue weighted by Gasteiger charge is 2.45. The van der Waals surface area contributed by atoms with E-state index in [1.165, 1.54) is 12.8 Å². The second-order valence-corrected chi connectivity index (χ2v) is 11.3. The molecule has 3 atom stereocenters. The summed E-state index contributed by atoms with van der Waals surface area (Å²) in [5, 5.41) is 11.8. The molecule has 3 aliphatic rings. The Balaban J connectivity index is 1.05. The van der Waals surface area contributed by atoms with Crippen LogP contribution in [0.5, 0.6) is 5.75 Å². The molecule has 7 rings (SSSR count). The van der Waals surface area contributed by atoms with Crippen molar-refractivity contribution < 1.29 is 9.53 Å². The number of fused-ring (bicyclic) bond motifs is 3. The fourth-order valence-corrected chi connectivity index (χ4v) is 6.42. The number of hydrogen-bond donors (Lipinski definition) is 2. The third-order valence-electron chi connectivity index (χ3n) is 8.96. The Morgan fingerprint density at radius 2 is 1.87 bits per heavy atom. The number of nitrogens with one attached hydrogen (secondary N) is 2. The summed E-state index contributed by atoms with van der Waals surface area (Å²) < 4.78 is 6.37. The summed E-state index contributed by atoms with van der Waals surface area (Å²) in [4.78, 5) is 20.1. The molecule has 38 heavy (non-hydrogen) atoms. The third kappa shape index (κ3) is 4.25. The number of hydrogen-bond acceptors (Lipinski definition) is 5. The van der Waals surface area contributed by atoms with Crippen LogP contribution in [0.15, 0.2) is 66.9 Å². The van der Waals surface area contributed by atoms with Gasteiger partial charge in [-0.3, -0.25) is 14.9 Å². The van der Waals surface area contributed by atoms with Gasteiger partial charge >= 0.3 is 0 Å². The molecule has 194 valence electrons. The van der Waals surface area contributed by atoms with Gasteiger partial charge in [0, 0.05) is 52.4 Å². The van der Waals surface area contributed by atoms with Gasteiger partial charge in [-0.25, -0.2) is 0 Å². The summed E-state index contributed by atoms with van der Waals surface area (Å²) in [7, 11) is 2.25. The molecule has 1 unspecified atom stereocenters. The van der Waals surface area contributed by atoms with Crippen LogP contribution in [-0.2, 0) is 5.41 Å². The first-order valence-electron chi connectivity index (χ1n) is 13.7. The van der Waals surface area contributed by atoms with Gasteiger partial charge in [0.25, 0.3) is 5.91 Å². The van der Waals surface area contributed by atoms with Crippen LogP contribution in [0.4, 0.5) is 0 Å². The Hall–Kier alpha value is -3.71. The maximum Gasteiger partial charge on any atom is 0.251 e. The highest BCUT2D eigenvalue weighted by molar-refractivity contribution is 6.01. The smallest absolute Gasteiger partial charge is 0.251 e. The molecule has 2 saturated heterocycles. The van der Waals surface area contributed by atoms with Gasteiger partial charge in [0.05, 0.1) is 11.2 Å². The molecule has 2 aromatic heterocycles. The van der Waals surface area contributed by atoms with Crippen molar-refractivity contribution in [1.29, 1.82) is 0 Å². The zero-order valence-corrected chi connectivity index (χ0v) is 21.7. The van der Waals surface area contributed by atoms with Gasteiger partial charge in [-0.15, -0.1) is 0 Å². The first kappa shape index (κ1) is 23.4. The molecule has 1 saturated carbocycles. The van der Waals surface area contributed by atoms with Crippen molar-refractivity contribution >= 4 is 16.8 Å². The summed E-state index contributed by atoms with van der Waals surface area (Å²) in [6.07, 6.45) is 8.99. The minimum Gasteiger partial charge on any atom is -0.490 e. The Labute approximate surface area is 222 Å². The van der Waals surface area contributed by atoms with E-state index in [-0.39, 0.29) is 17.4 Å². The Morgan fingerprint density at radius 1 is 1.08 bits per heavy atom. The van der Waals surface area contributed by atoms with Crippen LogP contribution in [0.25, 0.3) is 22.2 Å². The molecule has 1 amide bonds. The number of aromatic nitrogens is 3. The molecule has 3 fully saturated rings. The molecule has 4 heterocycles. The van der Waals surface area contributed by atoms with Gasteiger partial charge in [0.15, 0.2) is 0 Å². The van der Waals surface area contributed by atoms with Gasteiger partial charge in [-0.05, 0) is 100 Å². The van der Waals surface area contributed by atoms with Crippen molar-refractivity contribution in [2.24, 2.45) is 0 Å². The van der Waals surface area contributed by atoms with Crippen LogP contribution in [0, 0.1) is 0 Å². The monoisotopic (exact) mass is 507 g/mol. The summed E-state index contributed by atoms with van der Waals surface area (Å²) in [6, 6.07) is 21.2. The summed E-state index contributed by atoms with van der Waals surface area (Å²) in [6.45, 7) is 0.597. The van der Waals surface area contributed by atoms with Gasteiger partial charge in [-0.1, -0.05) is 6.07 Å². The first-order chi connectivity index (χ1) is 18.6. The largest absolute Gasteiger partial charge is 0.490 e. The van der Waals surface area contributed by atoms with E-state index in [1.807, 2.05) is 48.7 Å². The van der Waals surface area contributed by atoms with Crippen molar-refractivity contribution in [2.75, 3.05) is 13.6 Å². The van der Waals surface area contributed by atoms with E-state index in [9.17, 15) is 4.79 Å². The number of carbonyl (C=O) groups excluding carboxylic acids is 1. The van der Waals surface area contributed by atoms with Crippen molar-refractivity contribution in [3.8, 4) is 17.0 Å². The topological polar surface area (TPSA) is 83.1 Å². The molecule has 2 aromatic carbocycles. The molecular formula is C31H33N5O2. The molecule has 0 radical (unpaired) electrons. The molecule has 4 aromatic rings. The maximum atomic E-state index is 13.1. The molecule has 7 nitrogen and oxygen atoms in total. The lowest BCUT2D eigenvalue weighted by molar-refractivity contribution is 0.0662. The SMILES string of the molecule is CN1[C@@H]2CC[C@H]1CC(Oc1ccc(-c3n[nH]c4ccc(C(=O)NCC5(c6ccccn6)CC5)cc34)cc1)C2. The number of carbonyl (C=O) groups is 1. The summed E-state index contributed by atoms with van der Waals surface area (Å²) >= 11 is 0. The molecule has 2 aliphatic heterocycles. The quantitative estimate of drug-likeness (QED) is 0.364. The average Bonchev–Trinajstić information content (AvgIpc) is 3.59. The normalized spacial score (nSPS) is 23.9. The van der Waals surface area contributed by atoms with Crippen molar-refractivity contribution in [2.45, 2.75) is 62.1 Å². The first-order valence-corrected chi connectivity index (χ1v) is 13.7. The van der Waals surface area contributed by atoms with Crippen molar-refractivity contribution in [1.82, 2.24) is 25.4 Å². The summed E-state index contributed by atoms with van der Waals surface area (Å²) in [5.74, 6) is 0.835. The number of amides is 1. The van der Waals surface area contributed by atoms with E-state index in [4.69, 9.17) is 4.74 Å². The van der Waals surface area contributed by atoms with Crippen LogP contribution < -0.4 is 10.1 Å². The average molecular weight is 508 g/mol. The lowest BCUT2D eigenvalue weighted by Crippen LogP contribution is -2.43. The van der Waals surface area contributed by atoms with E-state index < -0.39 is 0 Å². The minimum absolute atomic E-state index is 0.0290. The number of pyridine rings is 1. The molecule has 0 spiro atoms. The molecule has 1 aliphatic carbocycles. The number of H-pyrrole nitrogens is 1. The number of ether oxygens (including phenoxy) is 1. The minimum atomic E-state index is -0.0721. The Bertz CT molecular complexity index is 1450. The molecule has 7 heteroatoms. The van der Waals surface area contributed by atoms with Crippen LogP contribution in [0.2, 0.25) is 0 Å². The Morgan fingerprint density at radius 3 is 2.58 bits per heavy atom. The standard InChI is InChI=1S/C31H33N5O2/c1-36-22-8-9-23(36)18-25(17-22)38-24-10-5-20(6-11-24)29-26-16-21(7-12-27(26)34-35-29)30(37)33-19-31(13-14-31)28-4-2-3-15-32-28/h2-7,10-12,15-16,22-23,25H,8-9,13-14,17-19H2,1H3,(H,33,37)(H,34,35)/t22-,23+,25?. The Kier molecular flexibility index (Phi) is 5.69. The molecule has 2 bridgehead atoms. The predicted octanol–water partition coefficient (Wildman–Crippen LogP) is 5.09. The van der Waals surface area contributed by atoms with Gasteiger partial charge < -0.3 is 15.0 Å². The predicted molar refractivity (Wildman–Crippen MR) is 147 cm³/mol. The van der Waals surface area contributed by atoms with E-state index in [0.29, 0.717) is 24.2 Å². The third-order valence-corrected chi connectivity index (χ3v) is 8.96. The van der Waals surface area contributed by atoms with E-state index in [0.717, 1.165) is 59.3 Å². The van der Waals surface area contributed by atoms with E-state index >= 15 is 0 Å². The lowest BCUT2D eigenvalue weighted by Gasteiger charge is -2.36. The highest BCUT2D eigenvalue weighted by atomic mass is 16.5. The maximum absolute atomic E-state index is 13.1. The second-order valence-electron chi connectivity index (χ2n) is 11.3. The van der Waals surface area contributed by atoms with Crippen molar-refractivity contribution in [3.05, 3.63) is 78.1 Å². The zero-order valence-electron chi connectivity index (χ0n) is 21.7. The van der Waals surface area contributed by atoms with Crippen LogP contribution >= 0.6 is 0 Å². The van der Waals surface area contributed by atoms with Crippen LogP contribution in [-0.4, -0.2) is 57.8 Å². The van der Waals surface area contributed by atoms with Gasteiger partial charge in [-0.2, -0.15) is 5.10 Å². The number of rotatable bonds is 7. The number of benzene rings is 2. The zero-order chi connectivity index (χ0) is 25.7. The number of aromatic amines is 1. The highest BCUT2D eigenvalue weighted by Crippen LogP contribution is 2.46. The fourth-order valence-electron chi connectivity index (χ4n) is 6.42. The van der Waals surface area contributed by atoms with Crippen molar-refractivity contribution in [3.63, 3.8) is 0 Å². The number of piperidine rings is 1. The molecular weight excluding hydrogens is 474 g/mol. The second kappa shape index (κ2) is 9.24. The van der Waals surface area contributed by atoms with E-state index in [1.54, 1.807) is 0 Å². The fraction of sp³-hybridized carbons (Fsp3) is 0.387. The van der Waals surface area contributed by atoms with Crippen LogP contribution in [0.1, 0.15) is 54.6 Å². The number of nitrogens with zero attached hydrogens (tertiary/aromatic N) is 3. The lowest BCUT2D eigenvalue weighted by atomic mass is 10.0. The summed E-state index contributed by atoms with van der Waals surface area (Å²) in [5.41, 5.74) is 4.41. The van der Waals surface area contributed by atoms with Gasteiger partial charge in [0.2, 0.25) is 0 Å². The molecule has 2 N–H and O–H groups in total. The van der Waals surface area contributed by atoms with Gasteiger partial charge in [0.1, 0.15) is 11.9 Å². The van der Waals surface area contributed by atoms with Crippen LogP contribution in [0.3, 0.4) is 0 Å². The van der Waals surface area contributed by atoms with E-state index in [2.05, 4.69) is 50.6 Å².